The summed E-state index contributed by atoms with van der Waals surface area (Å²) < 4.78 is 12.7. The summed E-state index contributed by atoms with van der Waals surface area (Å²) in [6.45, 7) is 0. The van der Waals surface area contributed by atoms with Gasteiger partial charge in [0.1, 0.15) is 11.3 Å². The lowest BCUT2D eigenvalue weighted by atomic mass is 9.99. The predicted molar refractivity (Wildman–Crippen MR) is 132 cm³/mol. The third kappa shape index (κ3) is 7.47. The molecule has 0 radical (unpaired) electrons. The Bertz CT molecular complexity index is 1060. The maximum atomic E-state index is 12.7. The van der Waals surface area contributed by atoms with Crippen LogP contribution in [0, 0.1) is 0 Å². The second-order valence-corrected chi connectivity index (χ2v) is 10.8. The SMILES string of the molecule is CN(C)C(=O)CC(CC(=O)N(C)C)(NC(Cc1ccc(-c2ccccc2)cc1)C(=O)O)P(=O)(O)O. The van der Waals surface area contributed by atoms with Gasteiger partial charge in [-0.15, -0.1) is 0 Å². The van der Waals surface area contributed by atoms with Crippen molar-refractivity contribution in [3.63, 3.8) is 0 Å². The number of carbonyl (C=O) groups excluding carboxylic acids is 2. The molecule has 0 aliphatic heterocycles. The van der Waals surface area contributed by atoms with Crippen LogP contribution in [0.15, 0.2) is 54.6 Å². The number of hydrogen-bond acceptors (Lipinski definition) is 5. The Balaban J connectivity index is 2.41. The lowest BCUT2D eigenvalue weighted by Gasteiger charge is -2.37. The zero-order chi connectivity index (χ0) is 26.4. The standard InChI is InChI=1S/C24H32N3O7P/c1-26(2)21(28)15-24(35(32,33)34,16-22(29)27(3)4)25-20(23(30)31)14-17-10-12-19(13-11-17)18-8-6-5-7-9-18/h5-13,20,25H,14-16H2,1-4H3,(H,30,31)(H2,32,33,34). The number of nitrogens with one attached hydrogen (secondary N) is 1. The summed E-state index contributed by atoms with van der Waals surface area (Å²) in [6.07, 6.45) is -1.65. The van der Waals surface area contributed by atoms with Gasteiger partial charge in [-0.1, -0.05) is 54.6 Å². The van der Waals surface area contributed by atoms with E-state index in [0.717, 1.165) is 20.9 Å². The van der Waals surface area contributed by atoms with Gasteiger partial charge in [-0.2, -0.15) is 0 Å². The average molecular weight is 506 g/mol. The van der Waals surface area contributed by atoms with Crippen LogP contribution in [0.1, 0.15) is 18.4 Å². The van der Waals surface area contributed by atoms with E-state index in [0.29, 0.717) is 5.56 Å². The molecular weight excluding hydrogens is 473 g/mol. The van der Waals surface area contributed by atoms with Gasteiger partial charge < -0.3 is 24.7 Å². The summed E-state index contributed by atoms with van der Waals surface area (Å²) >= 11 is 0. The summed E-state index contributed by atoms with van der Waals surface area (Å²) in [4.78, 5) is 59.9. The van der Waals surface area contributed by atoms with Crippen LogP contribution < -0.4 is 5.32 Å². The number of carboxylic acids is 1. The Morgan fingerprint density at radius 2 is 1.31 bits per heavy atom. The number of rotatable bonds is 11. The quantitative estimate of drug-likeness (QED) is 0.338. The molecule has 0 saturated heterocycles. The molecular formula is C24H32N3O7P. The molecule has 0 aliphatic rings. The number of benzene rings is 2. The maximum absolute atomic E-state index is 12.7. The van der Waals surface area contributed by atoms with Crippen molar-refractivity contribution in [1.82, 2.24) is 15.1 Å². The fourth-order valence-electron chi connectivity index (χ4n) is 3.50. The number of hydrogen-bond donors (Lipinski definition) is 4. The number of amides is 2. The molecule has 0 fully saturated rings. The monoisotopic (exact) mass is 505 g/mol. The molecule has 0 aliphatic carbocycles. The molecule has 0 saturated carbocycles. The van der Waals surface area contributed by atoms with E-state index < -0.39 is 49.5 Å². The smallest absolute Gasteiger partial charge is 0.346 e. The summed E-state index contributed by atoms with van der Waals surface area (Å²) in [7, 11) is 0.415. The van der Waals surface area contributed by atoms with Crippen molar-refractivity contribution in [1.29, 1.82) is 0 Å². The van der Waals surface area contributed by atoms with Crippen molar-refractivity contribution < 1.29 is 33.8 Å². The van der Waals surface area contributed by atoms with Crippen LogP contribution in [0.3, 0.4) is 0 Å². The highest BCUT2D eigenvalue weighted by Crippen LogP contribution is 2.53. The first-order chi connectivity index (χ1) is 16.3. The summed E-state index contributed by atoms with van der Waals surface area (Å²) in [5.41, 5.74) is 2.51. The molecule has 2 aromatic carbocycles. The van der Waals surface area contributed by atoms with Gasteiger partial charge in [0.15, 0.2) is 0 Å². The number of carbonyl (C=O) groups is 3. The van der Waals surface area contributed by atoms with Crippen molar-refractivity contribution in [3.05, 3.63) is 60.2 Å². The minimum Gasteiger partial charge on any atom is -0.480 e. The molecule has 35 heavy (non-hydrogen) atoms. The second-order valence-electron chi connectivity index (χ2n) is 8.81. The molecule has 2 amide bonds. The molecule has 0 bridgehead atoms. The summed E-state index contributed by atoms with van der Waals surface area (Å²) in [6, 6.07) is 15.2. The van der Waals surface area contributed by atoms with Crippen molar-refractivity contribution in [3.8, 4) is 11.1 Å². The highest BCUT2D eigenvalue weighted by Gasteiger charge is 2.52. The van der Waals surface area contributed by atoms with E-state index in [9.17, 15) is 33.8 Å². The van der Waals surface area contributed by atoms with E-state index in [2.05, 4.69) is 5.32 Å². The topological polar surface area (TPSA) is 147 Å². The lowest BCUT2D eigenvalue weighted by molar-refractivity contribution is -0.141. The van der Waals surface area contributed by atoms with Crippen LogP contribution in [0.5, 0.6) is 0 Å². The molecule has 1 unspecified atom stereocenters. The Hall–Kier alpha value is -3.04. The number of carboxylic acid groups (broad SMARTS) is 1. The second kappa shape index (κ2) is 11.6. The van der Waals surface area contributed by atoms with Gasteiger partial charge in [-0.3, -0.25) is 24.3 Å². The number of aliphatic carboxylic acids is 1. The van der Waals surface area contributed by atoms with Gasteiger partial charge >= 0.3 is 13.6 Å². The highest BCUT2D eigenvalue weighted by atomic mass is 31.2. The van der Waals surface area contributed by atoms with Gasteiger partial charge in [0.2, 0.25) is 11.8 Å². The molecule has 11 heteroatoms. The van der Waals surface area contributed by atoms with Gasteiger partial charge in [0, 0.05) is 28.2 Å². The average Bonchev–Trinajstić information content (AvgIpc) is 2.78. The van der Waals surface area contributed by atoms with Crippen LogP contribution >= 0.6 is 7.60 Å². The van der Waals surface area contributed by atoms with Crippen molar-refractivity contribution in [2.24, 2.45) is 0 Å². The predicted octanol–water partition coefficient (Wildman–Crippen LogP) is 1.77. The fraction of sp³-hybridized carbons (Fsp3) is 0.375. The fourth-order valence-corrected chi connectivity index (χ4v) is 4.50. The van der Waals surface area contributed by atoms with Crippen LogP contribution in [0.2, 0.25) is 0 Å². The normalized spacial score (nSPS) is 12.6. The van der Waals surface area contributed by atoms with Gasteiger partial charge in [0.05, 0.1) is 12.8 Å². The zero-order valence-corrected chi connectivity index (χ0v) is 21.1. The van der Waals surface area contributed by atoms with Crippen LogP contribution in [0.25, 0.3) is 11.1 Å². The van der Waals surface area contributed by atoms with Crippen LogP contribution in [-0.4, -0.2) is 82.0 Å². The minimum absolute atomic E-state index is 0.127. The molecule has 0 aromatic heterocycles. The molecule has 190 valence electrons. The van der Waals surface area contributed by atoms with Gasteiger partial charge in [0.25, 0.3) is 0 Å². The largest absolute Gasteiger partial charge is 0.480 e. The van der Waals surface area contributed by atoms with E-state index in [1.54, 1.807) is 12.1 Å². The third-order valence-corrected chi connectivity index (χ3v) is 7.24. The Labute approximate surface area is 204 Å². The van der Waals surface area contributed by atoms with E-state index in [1.807, 2.05) is 42.5 Å². The third-order valence-electron chi connectivity index (χ3n) is 5.68. The molecule has 0 spiro atoms. The summed E-state index contributed by atoms with van der Waals surface area (Å²) in [5.74, 6) is -2.70. The van der Waals surface area contributed by atoms with Crippen molar-refractivity contribution in [2.75, 3.05) is 28.2 Å². The molecule has 10 nitrogen and oxygen atoms in total. The summed E-state index contributed by atoms with van der Waals surface area (Å²) in [5, 5.41) is 9.99. The van der Waals surface area contributed by atoms with Crippen LogP contribution in [-0.2, 0) is 25.4 Å². The Morgan fingerprint density at radius 1 is 0.857 bits per heavy atom. The van der Waals surface area contributed by atoms with Gasteiger partial charge in [-0.25, -0.2) is 0 Å². The van der Waals surface area contributed by atoms with E-state index >= 15 is 0 Å². The first kappa shape index (κ1) is 28.2. The van der Waals surface area contributed by atoms with Crippen molar-refractivity contribution >= 4 is 25.4 Å². The first-order valence-electron chi connectivity index (χ1n) is 10.9. The minimum atomic E-state index is -5.21. The van der Waals surface area contributed by atoms with E-state index in [1.165, 1.54) is 28.2 Å². The number of nitrogens with zero attached hydrogens (tertiary/aromatic N) is 2. The van der Waals surface area contributed by atoms with E-state index in [4.69, 9.17) is 0 Å². The molecule has 0 heterocycles. The van der Waals surface area contributed by atoms with Crippen molar-refractivity contribution in [2.45, 2.75) is 30.6 Å². The highest BCUT2D eigenvalue weighted by molar-refractivity contribution is 7.53. The van der Waals surface area contributed by atoms with E-state index in [-0.39, 0.29) is 6.42 Å². The molecule has 1 atom stereocenters. The molecule has 2 aromatic rings. The Morgan fingerprint density at radius 3 is 1.71 bits per heavy atom. The van der Waals surface area contributed by atoms with Crippen LogP contribution in [0.4, 0.5) is 0 Å². The zero-order valence-electron chi connectivity index (χ0n) is 20.2. The molecule has 2 rings (SSSR count). The first-order valence-corrected chi connectivity index (χ1v) is 12.5. The maximum Gasteiger partial charge on any atom is 0.346 e. The molecule has 4 N–H and O–H groups in total. The Kier molecular flexibility index (Phi) is 9.34. The lowest BCUT2D eigenvalue weighted by Crippen LogP contribution is -2.57. The van der Waals surface area contributed by atoms with Gasteiger partial charge in [-0.05, 0) is 23.1 Å².